The zero-order valence-electron chi connectivity index (χ0n) is 10.6. The first-order valence-corrected chi connectivity index (χ1v) is 7.34. The van der Waals surface area contributed by atoms with E-state index in [9.17, 15) is 4.79 Å². The first-order valence-electron chi connectivity index (χ1n) is 7.34. The second kappa shape index (κ2) is 4.97. The van der Waals surface area contributed by atoms with E-state index < -0.39 is 0 Å². The van der Waals surface area contributed by atoms with E-state index in [2.05, 4.69) is 10.6 Å². The Labute approximate surface area is 104 Å². The van der Waals surface area contributed by atoms with Gasteiger partial charge in [-0.25, -0.2) is 0 Å². The zero-order valence-corrected chi connectivity index (χ0v) is 10.6. The first-order chi connectivity index (χ1) is 8.31. The molecular formula is C14H24N2O. The molecule has 96 valence electrons. The van der Waals surface area contributed by atoms with Crippen molar-refractivity contribution in [3.05, 3.63) is 0 Å². The highest BCUT2D eigenvalue weighted by molar-refractivity contribution is 5.77. The molecule has 1 saturated heterocycles. The summed E-state index contributed by atoms with van der Waals surface area (Å²) < 4.78 is 0. The van der Waals surface area contributed by atoms with E-state index >= 15 is 0 Å². The molecular weight excluding hydrogens is 212 g/mol. The maximum atomic E-state index is 12.0. The number of piperidine rings is 1. The minimum Gasteiger partial charge on any atom is -0.353 e. The Hall–Kier alpha value is -0.570. The van der Waals surface area contributed by atoms with Gasteiger partial charge in [0.15, 0.2) is 0 Å². The molecule has 3 aliphatic rings. The maximum absolute atomic E-state index is 12.0. The third-order valence-electron chi connectivity index (χ3n) is 4.93. The maximum Gasteiger partial charge on any atom is 0.221 e. The number of hydrogen-bond acceptors (Lipinski definition) is 2. The fraction of sp³-hybridized carbons (Fsp3) is 0.929. The van der Waals surface area contributed by atoms with Crippen LogP contribution in [0.25, 0.3) is 0 Å². The van der Waals surface area contributed by atoms with Crippen molar-refractivity contribution in [2.75, 3.05) is 6.54 Å². The number of rotatable bonds is 3. The molecule has 0 aromatic heterocycles. The number of carbonyl (C=O) groups excluding carboxylic acids is 1. The van der Waals surface area contributed by atoms with Gasteiger partial charge >= 0.3 is 0 Å². The van der Waals surface area contributed by atoms with E-state index in [4.69, 9.17) is 0 Å². The summed E-state index contributed by atoms with van der Waals surface area (Å²) in [5.74, 6) is 1.99. The van der Waals surface area contributed by atoms with Crippen LogP contribution < -0.4 is 10.6 Å². The predicted octanol–water partition coefficient (Wildman–Crippen LogP) is 1.82. The van der Waals surface area contributed by atoms with Gasteiger partial charge < -0.3 is 10.6 Å². The highest BCUT2D eigenvalue weighted by atomic mass is 16.1. The Morgan fingerprint density at radius 2 is 2.12 bits per heavy atom. The first kappa shape index (κ1) is 11.5. The summed E-state index contributed by atoms with van der Waals surface area (Å²) in [5, 5.41) is 6.73. The lowest BCUT2D eigenvalue weighted by Crippen LogP contribution is -2.43. The zero-order chi connectivity index (χ0) is 11.7. The average Bonchev–Trinajstić information content (AvgIpc) is 2.92. The van der Waals surface area contributed by atoms with E-state index in [1.165, 1.54) is 44.9 Å². The number of carbonyl (C=O) groups is 1. The van der Waals surface area contributed by atoms with Crippen LogP contribution in [0.4, 0.5) is 0 Å². The van der Waals surface area contributed by atoms with Crippen LogP contribution in [-0.2, 0) is 4.79 Å². The molecule has 1 aliphatic heterocycles. The second-order valence-electron chi connectivity index (χ2n) is 6.20. The van der Waals surface area contributed by atoms with Crippen molar-refractivity contribution in [2.24, 2.45) is 11.8 Å². The number of hydrogen-bond donors (Lipinski definition) is 2. The number of nitrogens with one attached hydrogen (secondary N) is 2. The molecule has 2 aliphatic carbocycles. The third-order valence-corrected chi connectivity index (χ3v) is 4.93. The quantitative estimate of drug-likeness (QED) is 0.785. The van der Waals surface area contributed by atoms with Gasteiger partial charge in [-0.05, 0) is 50.5 Å². The SMILES string of the molecule is O=C(CC1CCCCN1)NC1CC2CCC1C2. The molecule has 0 radical (unpaired) electrons. The van der Waals surface area contributed by atoms with Crippen molar-refractivity contribution in [1.29, 1.82) is 0 Å². The summed E-state index contributed by atoms with van der Waals surface area (Å²) in [6.45, 7) is 1.09. The van der Waals surface area contributed by atoms with Gasteiger partial charge in [0.2, 0.25) is 5.91 Å². The summed E-state index contributed by atoms with van der Waals surface area (Å²) >= 11 is 0. The molecule has 4 atom stereocenters. The lowest BCUT2D eigenvalue weighted by Gasteiger charge is -2.26. The molecule has 0 aromatic carbocycles. The van der Waals surface area contributed by atoms with Gasteiger partial charge in [0.05, 0.1) is 0 Å². The summed E-state index contributed by atoms with van der Waals surface area (Å²) in [7, 11) is 0. The monoisotopic (exact) mass is 236 g/mol. The summed E-state index contributed by atoms with van der Waals surface area (Å²) in [5.41, 5.74) is 0. The van der Waals surface area contributed by atoms with Crippen LogP contribution in [-0.4, -0.2) is 24.5 Å². The van der Waals surface area contributed by atoms with E-state index in [0.29, 0.717) is 18.5 Å². The summed E-state index contributed by atoms with van der Waals surface area (Å²) in [6.07, 6.45) is 9.77. The van der Waals surface area contributed by atoms with E-state index in [-0.39, 0.29) is 5.91 Å². The molecule has 3 heteroatoms. The van der Waals surface area contributed by atoms with Crippen LogP contribution in [0.2, 0.25) is 0 Å². The Kier molecular flexibility index (Phi) is 3.37. The lowest BCUT2D eigenvalue weighted by molar-refractivity contribution is -0.122. The van der Waals surface area contributed by atoms with E-state index in [1.807, 2.05) is 0 Å². The molecule has 4 unspecified atom stereocenters. The highest BCUT2D eigenvalue weighted by Crippen LogP contribution is 2.44. The third kappa shape index (κ3) is 2.65. The molecule has 0 spiro atoms. The molecule has 3 rings (SSSR count). The molecule has 2 N–H and O–H groups in total. The minimum atomic E-state index is 0.280. The normalized spacial score (nSPS) is 40.5. The topological polar surface area (TPSA) is 41.1 Å². The predicted molar refractivity (Wildman–Crippen MR) is 67.6 cm³/mol. The molecule has 2 saturated carbocycles. The molecule has 0 aromatic rings. The fourth-order valence-corrected chi connectivity index (χ4v) is 4.01. The van der Waals surface area contributed by atoms with Crippen molar-refractivity contribution >= 4 is 5.91 Å². The van der Waals surface area contributed by atoms with Crippen LogP contribution in [0.3, 0.4) is 0 Å². The van der Waals surface area contributed by atoms with Crippen molar-refractivity contribution in [3.8, 4) is 0 Å². The Morgan fingerprint density at radius 3 is 2.76 bits per heavy atom. The minimum absolute atomic E-state index is 0.280. The highest BCUT2D eigenvalue weighted by Gasteiger charge is 2.40. The van der Waals surface area contributed by atoms with Crippen LogP contribution in [0.15, 0.2) is 0 Å². The molecule has 2 bridgehead atoms. The van der Waals surface area contributed by atoms with Gasteiger partial charge in [-0.1, -0.05) is 12.8 Å². The number of amides is 1. The fourth-order valence-electron chi connectivity index (χ4n) is 4.01. The van der Waals surface area contributed by atoms with Gasteiger partial charge in [0, 0.05) is 18.5 Å². The van der Waals surface area contributed by atoms with Crippen LogP contribution in [0.1, 0.15) is 51.4 Å². The van der Waals surface area contributed by atoms with Crippen molar-refractivity contribution in [3.63, 3.8) is 0 Å². The van der Waals surface area contributed by atoms with Crippen LogP contribution in [0.5, 0.6) is 0 Å². The molecule has 3 fully saturated rings. The van der Waals surface area contributed by atoms with Gasteiger partial charge in [-0.15, -0.1) is 0 Å². The largest absolute Gasteiger partial charge is 0.353 e. The van der Waals surface area contributed by atoms with Crippen molar-refractivity contribution < 1.29 is 4.79 Å². The van der Waals surface area contributed by atoms with Crippen LogP contribution >= 0.6 is 0 Å². The standard InChI is InChI=1S/C14H24N2O/c17-14(9-12-3-1-2-6-15-12)16-13-8-10-4-5-11(13)7-10/h10-13,15H,1-9H2,(H,16,17). The van der Waals surface area contributed by atoms with Crippen molar-refractivity contribution in [2.45, 2.75) is 63.5 Å². The Morgan fingerprint density at radius 1 is 1.18 bits per heavy atom. The number of fused-ring (bicyclic) bond motifs is 2. The average molecular weight is 236 g/mol. The molecule has 17 heavy (non-hydrogen) atoms. The molecule has 3 nitrogen and oxygen atoms in total. The van der Waals surface area contributed by atoms with Crippen LogP contribution in [0, 0.1) is 11.8 Å². The smallest absolute Gasteiger partial charge is 0.221 e. The van der Waals surface area contributed by atoms with Gasteiger partial charge in [0.25, 0.3) is 0 Å². The summed E-state index contributed by atoms with van der Waals surface area (Å²) in [6, 6.07) is 0.937. The van der Waals surface area contributed by atoms with Gasteiger partial charge in [0.1, 0.15) is 0 Å². The second-order valence-corrected chi connectivity index (χ2v) is 6.20. The summed E-state index contributed by atoms with van der Waals surface area (Å²) in [4.78, 5) is 12.0. The Balaban J connectivity index is 1.44. The molecule has 1 amide bonds. The Bertz CT molecular complexity index is 286. The lowest BCUT2D eigenvalue weighted by atomic mass is 9.95. The van der Waals surface area contributed by atoms with E-state index in [0.717, 1.165) is 18.4 Å². The van der Waals surface area contributed by atoms with Gasteiger partial charge in [-0.2, -0.15) is 0 Å². The molecule has 1 heterocycles. The van der Waals surface area contributed by atoms with E-state index in [1.54, 1.807) is 0 Å². The van der Waals surface area contributed by atoms with Gasteiger partial charge in [-0.3, -0.25) is 4.79 Å². The van der Waals surface area contributed by atoms with Crippen molar-refractivity contribution in [1.82, 2.24) is 10.6 Å².